The second-order valence-corrected chi connectivity index (χ2v) is 6.68. The first-order valence-corrected chi connectivity index (χ1v) is 8.63. The molecule has 0 bridgehead atoms. The van der Waals surface area contributed by atoms with Crippen LogP contribution in [0.5, 0.6) is 0 Å². The Kier molecular flexibility index (Phi) is 9.27. The van der Waals surface area contributed by atoms with Gasteiger partial charge in [-0.3, -0.25) is 4.99 Å². The van der Waals surface area contributed by atoms with Gasteiger partial charge in [0.15, 0.2) is 5.96 Å². The van der Waals surface area contributed by atoms with Crippen LogP contribution in [0.15, 0.2) is 11.2 Å². The molecule has 1 fully saturated rings. The molecule has 2 N–H and O–H groups in total. The Morgan fingerprint density at radius 1 is 1.50 bits per heavy atom. The average Bonchev–Trinajstić information content (AvgIpc) is 3.11. The molecule has 1 aliphatic rings. The van der Waals surface area contributed by atoms with Crippen molar-refractivity contribution in [3.05, 3.63) is 16.1 Å². The van der Waals surface area contributed by atoms with Crippen molar-refractivity contribution >= 4 is 41.3 Å². The molecule has 1 atom stereocenters. The summed E-state index contributed by atoms with van der Waals surface area (Å²) in [4.78, 5) is 12.5. The van der Waals surface area contributed by atoms with Gasteiger partial charge in [-0.1, -0.05) is 6.92 Å². The van der Waals surface area contributed by atoms with Crippen molar-refractivity contribution in [2.24, 2.45) is 4.99 Å². The summed E-state index contributed by atoms with van der Waals surface area (Å²) in [5.41, 5.74) is 0. The lowest BCUT2D eigenvalue weighted by molar-refractivity contribution is 0.309. The van der Waals surface area contributed by atoms with Gasteiger partial charge in [-0.15, -0.1) is 35.3 Å². The molecule has 0 aromatic carbocycles. The number of nitrogens with zero attached hydrogens (tertiary/aromatic N) is 3. The molecule has 0 radical (unpaired) electrons. The monoisotopic (exact) mass is 437 g/mol. The van der Waals surface area contributed by atoms with Crippen LogP contribution in [-0.2, 0) is 12.8 Å². The van der Waals surface area contributed by atoms with E-state index in [-0.39, 0.29) is 24.0 Å². The van der Waals surface area contributed by atoms with Crippen molar-refractivity contribution in [2.75, 3.05) is 33.7 Å². The second-order valence-electron chi connectivity index (χ2n) is 5.48. The molecular formula is C15H28IN5S. The molecule has 0 spiro atoms. The van der Waals surface area contributed by atoms with E-state index >= 15 is 0 Å². The van der Waals surface area contributed by atoms with Crippen LogP contribution in [0.1, 0.15) is 29.7 Å². The van der Waals surface area contributed by atoms with Gasteiger partial charge in [-0.2, -0.15) is 0 Å². The Hall–Kier alpha value is -0.410. The van der Waals surface area contributed by atoms with Crippen molar-refractivity contribution in [2.45, 2.75) is 38.6 Å². The average molecular weight is 437 g/mol. The van der Waals surface area contributed by atoms with E-state index in [9.17, 15) is 0 Å². The quantitative estimate of drug-likeness (QED) is 0.407. The van der Waals surface area contributed by atoms with E-state index in [2.05, 4.69) is 39.5 Å². The molecule has 2 heterocycles. The number of likely N-dealkylation sites (tertiary alicyclic amines) is 1. The van der Waals surface area contributed by atoms with E-state index in [1.165, 1.54) is 29.3 Å². The van der Waals surface area contributed by atoms with Crippen molar-refractivity contribution in [3.63, 3.8) is 0 Å². The maximum atomic E-state index is 4.44. The molecule has 7 heteroatoms. The van der Waals surface area contributed by atoms with Gasteiger partial charge in [-0.05, 0) is 32.9 Å². The van der Waals surface area contributed by atoms with Crippen LogP contribution in [-0.4, -0.2) is 55.6 Å². The van der Waals surface area contributed by atoms with E-state index in [4.69, 9.17) is 0 Å². The number of thiazole rings is 1. The highest BCUT2D eigenvalue weighted by atomic mass is 127. The normalized spacial score (nSPS) is 19.0. The van der Waals surface area contributed by atoms with E-state index in [1.807, 2.05) is 24.6 Å². The maximum Gasteiger partial charge on any atom is 0.191 e. The van der Waals surface area contributed by atoms with Crippen molar-refractivity contribution in [3.8, 4) is 0 Å². The fraction of sp³-hybridized carbons (Fsp3) is 0.733. The van der Waals surface area contributed by atoms with E-state index < -0.39 is 0 Å². The van der Waals surface area contributed by atoms with E-state index in [0.29, 0.717) is 6.04 Å². The molecule has 1 unspecified atom stereocenters. The zero-order valence-electron chi connectivity index (χ0n) is 13.8. The van der Waals surface area contributed by atoms with Gasteiger partial charge in [0.1, 0.15) is 0 Å². The van der Waals surface area contributed by atoms with Crippen molar-refractivity contribution in [1.82, 2.24) is 20.5 Å². The lowest BCUT2D eigenvalue weighted by Crippen LogP contribution is -2.44. The van der Waals surface area contributed by atoms with Gasteiger partial charge >= 0.3 is 0 Å². The smallest absolute Gasteiger partial charge is 0.191 e. The standard InChI is InChI=1S/C15H27N5S.HI/c1-4-13-11-18-14(21-13)7-8-17-15(16-2)19-10-12-6-5-9-20(12)3;/h11-12H,4-10H2,1-3H3,(H2,16,17,19);1H. The molecule has 1 aliphatic heterocycles. The Bertz CT molecular complexity index is 463. The minimum atomic E-state index is 0. The van der Waals surface area contributed by atoms with E-state index in [0.717, 1.165) is 31.9 Å². The summed E-state index contributed by atoms with van der Waals surface area (Å²) >= 11 is 1.81. The molecule has 22 heavy (non-hydrogen) atoms. The van der Waals surface area contributed by atoms with Crippen LogP contribution in [0, 0.1) is 0 Å². The highest BCUT2D eigenvalue weighted by molar-refractivity contribution is 14.0. The first-order chi connectivity index (χ1) is 10.2. The molecule has 1 aromatic heterocycles. The van der Waals surface area contributed by atoms with Gasteiger partial charge in [0.05, 0.1) is 5.01 Å². The summed E-state index contributed by atoms with van der Waals surface area (Å²) < 4.78 is 0. The number of aryl methyl sites for hydroxylation is 1. The summed E-state index contributed by atoms with van der Waals surface area (Å²) in [6.07, 6.45) is 6.60. The first-order valence-electron chi connectivity index (χ1n) is 7.81. The third-order valence-electron chi connectivity index (χ3n) is 3.98. The highest BCUT2D eigenvalue weighted by Gasteiger charge is 2.20. The molecule has 5 nitrogen and oxygen atoms in total. The third-order valence-corrected chi connectivity index (χ3v) is 5.18. The van der Waals surface area contributed by atoms with Gasteiger partial charge in [-0.25, -0.2) is 4.98 Å². The highest BCUT2D eigenvalue weighted by Crippen LogP contribution is 2.14. The SMILES string of the molecule is CCc1cnc(CCNC(=NC)NCC2CCCN2C)s1.I. The summed E-state index contributed by atoms with van der Waals surface area (Å²) in [5, 5.41) is 8.00. The maximum absolute atomic E-state index is 4.44. The minimum absolute atomic E-state index is 0. The topological polar surface area (TPSA) is 52.6 Å². The summed E-state index contributed by atoms with van der Waals surface area (Å²) in [7, 11) is 4.02. The molecule has 126 valence electrons. The van der Waals surface area contributed by atoms with Crippen LogP contribution in [0.3, 0.4) is 0 Å². The lowest BCUT2D eigenvalue weighted by atomic mass is 10.2. The molecule has 2 rings (SSSR count). The van der Waals surface area contributed by atoms with Gasteiger partial charge in [0.2, 0.25) is 0 Å². The van der Waals surface area contributed by atoms with Crippen LogP contribution < -0.4 is 10.6 Å². The van der Waals surface area contributed by atoms with Gasteiger partial charge in [0.25, 0.3) is 0 Å². The number of aromatic nitrogens is 1. The van der Waals surface area contributed by atoms with Crippen LogP contribution in [0.2, 0.25) is 0 Å². The Balaban J connectivity index is 0.00000242. The predicted molar refractivity (Wildman–Crippen MR) is 106 cm³/mol. The summed E-state index contributed by atoms with van der Waals surface area (Å²) in [6.45, 7) is 5.22. The second kappa shape index (κ2) is 10.4. The fourth-order valence-corrected chi connectivity index (χ4v) is 3.45. The fourth-order valence-electron chi connectivity index (χ4n) is 2.59. The Labute approximate surface area is 155 Å². The largest absolute Gasteiger partial charge is 0.356 e. The first kappa shape index (κ1) is 19.6. The third kappa shape index (κ3) is 6.00. The zero-order valence-corrected chi connectivity index (χ0v) is 16.9. The molecule has 0 amide bonds. The van der Waals surface area contributed by atoms with Crippen LogP contribution >= 0.6 is 35.3 Å². The van der Waals surface area contributed by atoms with Gasteiger partial charge in [0, 0.05) is 43.7 Å². The number of rotatable bonds is 6. The number of hydrogen-bond acceptors (Lipinski definition) is 4. The number of likely N-dealkylation sites (N-methyl/N-ethyl adjacent to an activating group) is 1. The van der Waals surface area contributed by atoms with Crippen LogP contribution in [0.25, 0.3) is 0 Å². The molecule has 0 aliphatic carbocycles. The number of guanidine groups is 1. The van der Waals surface area contributed by atoms with Gasteiger partial charge < -0.3 is 15.5 Å². The minimum Gasteiger partial charge on any atom is -0.356 e. The van der Waals surface area contributed by atoms with Crippen LogP contribution in [0.4, 0.5) is 0 Å². The number of nitrogens with one attached hydrogen (secondary N) is 2. The Morgan fingerprint density at radius 2 is 2.32 bits per heavy atom. The Morgan fingerprint density at radius 3 is 2.91 bits per heavy atom. The zero-order chi connectivity index (χ0) is 15.1. The van der Waals surface area contributed by atoms with Crippen molar-refractivity contribution < 1.29 is 0 Å². The number of aliphatic imine (C=N–C) groups is 1. The molecule has 1 saturated heterocycles. The predicted octanol–water partition coefficient (Wildman–Crippen LogP) is 2.13. The number of hydrogen-bond donors (Lipinski definition) is 2. The van der Waals surface area contributed by atoms with Crippen molar-refractivity contribution in [1.29, 1.82) is 0 Å². The number of halogens is 1. The molecule has 0 saturated carbocycles. The summed E-state index contributed by atoms with van der Waals surface area (Å²) in [6, 6.07) is 0.634. The molecule has 1 aromatic rings. The summed E-state index contributed by atoms with van der Waals surface area (Å²) in [5.74, 6) is 0.891. The van der Waals surface area contributed by atoms with E-state index in [1.54, 1.807) is 0 Å². The lowest BCUT2D eigenvalue weighted by Gasteiger charge is -2.21. The molecular weight excluding hydrogens is 409 g/mol.